The topological polar surface area (TPSA) is 46.5 Å². The van der Waals surface area contributed by atoms with Gasteiger partial charge in [0, 0.05) is 5.25 Å². The molecule has 0 saturated carbocycles. The van der Waals surface area contributed by atoms with Crippen LogP contribution in [0.5, 0.6) is 0 Å². The Morgan fingerprint density at radius 1 is 1.82 bits per heavy atom. The van der Waals surface area contributed by atoms with Gasteiger partial charge in [-0.1, -0.05) is 6.92 Å². The summed E-state index contributed by atoms with van der Waals surface area (Å²) in [5, 5.41) is 9.18. The zero-order valence-corrected chi connectivity index (χ0v) is 7.26. The van der Waals surface area contributed by atoms with Crippen molar-refractivity contribution in [3.8, 4) is 0 Å². The quantitative estimate of drug-likeness (QED) is 0.693. The van der Waals surface area contributed by atoms with Crippen molar-refractivity contribution in [2.75, 3.05) is 13.2 Å². The molecule has 4 heteroatoms. The first-order valence-corrected chi connectivity index (χ1v) is 4.57. The van der Waals surface area contributed by atoms with Crippen molar-refractivity contribution in [2.24, 2.45) is 0 Å². The van der Waals surface area contributed by atoms with Gasteiger partial charge in [-0.05, 0) is 0 Å². The predicted molar refractivity (Wildman–Crippen MR) is 43.9 cm³/mol. The monoisotopic (exact) mass is 176 g/mol. The maximum atomic E-state index is 10.3. The molecular formula is C7H12O3S. The molecule has 0 bridgehead atoms. The van der Waals surface area contributed by atoms with E-state index < -0.39 is 5.97 Å². The van der Waals surface area contributed by atoms with Crippen LogP contribution in [0.2, 0.25) is 0 Å². The van der Waals surface area contributed by atoms with Gasteiger partial charge in [0.1, 0.15) is 0 Å². The van der Waals surface area contributed by atoms with Gasteiger partial charge < -0.3 is 9.84 Å². The van der Waals surface area contributed by atoms with E-state index in [1.165, 1.54) is 0 Å². The van der Waals surface area contributed by atoms with Crippen LogP contribution in [0.25, 0.3) is 0 Å². The molecule has 1 saturated heterocycles. The molecule has 0 amide bonds. The summed E-state index contributed by atoms with van der Waals surface area (Å²) < 4.78 is 4.97. The number of carboxylic acids is 1. The number of carboxylic acid groups (broad SMARTS) is 1. The first-order valence-electron chi connectivity index (χ1n) is 3.63. The van der Waals surface area contributed by atoms with E-state index in [4.69, 9.17) is 9.84 Å². The van der Waals surface area contributed by atoms with Gasteiger partial charge in [0.05, 0.1) is 24.9 Å². The van der Waals surface area contributed by atoms with Crippen LogP contribution in [-0.4, -0.2) is 34.8 Å². The molecule has 0 aliphatic carbocycles. The van der Waals surface area contributed by atoms with Crippen molar-refractivity contribution in [1.29, 1.82) is 0 Å². The number of aliphatic carboxylic acids is 1. The minimum atomic E-state index is -0.717. The van der Waals surface area contributed by atoms with Gasteiger partial charge in [-0.2, -0.15) is 11.8 Å². The average molecular weight is 176 g/mol. The zero-order valence-electron chi connectivity index (χ0n) is 6.45. The molecule has 1 N–H and O–H groups in total. The molecule has 0 radical (unpaired) electrons. The highest BCUT2D eigenvalue weighted by Crippen LogP contribution is 2.25. The number of carbonyl (C=O) groups is 1. The van der Waals surface area contributed by atoms with Crippen molar-refractivity contribution >= 4 is 17.7 Å². The summed E-state index contributed by atoms with van der Waals surface area (Å²) in [6.45, 7) is 3.51. The lowest BCUT2D eigenvalue weighted by Gasteiger charge is -2.27. The van der Waals surface area contributed by atoms with Gasteiger partial charge in [0.15, 0.2) is 0 Å². The van der Waals surface area contributed by atoms with E-state index in [2.05, 4.69) is 0 Å². The summed E-state index contributed by atoms with van der Waals surface area (Å²) >= 11 is 1.71. The summed E-state index contributed by atoms with van der Waals surface area (Å²) in [4.78, 5) is 10.3. The summed E-state index contributed by atoms with van der Waals surface area (Å²) in [6, 6.07) is 0. The molecule has 0 spiro atoms. The fourth-order valence-electron chi connectivity index (χ4n) is 0.915. The molecule has 11 heavy (non-hydrogen) atoms. The van der Waals surface area contributed by atoms with E-state index >= 15 is 0 Å². The molecule has 1 rings (SSSR count). The van der Waals surface area contributed by atoms with E-state index in [0.717, 1.165) is 13.2 Å². The second-order valence-corrected chi connectivity index (χ2v) is 4.45. The maximum absolute atomic E-state index is 10.3. The third kappa shape index (κ3) is 3.12. The summed E-state index contributed by atoms with van der Waals surface area (Å²) in [5.41, 5.74) is 0. The molecule has 1 aliphatic rings. The smallest absolute Gasteiger partial charge is 0.304 e. The lowest BCUT2D eigenvalue weighted by atomic mass is 10.3. The van der Waals surface area contributed by atoms with Gasteiger partial charge in [-0.3, -0.25) is 4.79 Å². The van der Waals surface area contributed by atoms with Crippen molar-refractivity contribution in [1.82, 2.24) is 0 Å². The first kappa shape index (κ1) is 8.87. The number of hydrogen-bond acceptors (Lipinski definition) is 3. The van der Waals surface area contributed by atoms with Gasteiger partial charge >= 0.3 is 5.97 Å². The Kier molecular flexibility index (Phi) is 3.20. The zero-order chi connectivity index (χ0) is 8.27. The molecule has 0 aromatic heterocycles. The highest BCUT2D eigenvalue weighted by Gasteiger charge is 2.22. The van der Waals surface area contributed by atoms with Gasteiger partial charge in [0.2, 0.25) is 0 Å². The summed E-state index contributed by atoms with van der Waals surface area (Å²) in [5.74, 6) is -0.717. The fraction of sp³-hybridized carbons (Fsp3) is 0.857. The Labute approximate surface area is 70.1 Å². The van der Waals surface area contributed by atoms with E-state index in [1.807, 2.05) is 6.92 Å². The predicted octanol–water partition coefficient (Wildman–Crippen LogP) is 0.982. The Hall–Kier alpha value is -0.220. The molecule has 1 fully saturated rings. The van der Waals surface area contributed by atoms with Crippen molar-refractivity contribution in [2.45, 2.75) is 23.8 Å². The second kappa shape index (κ2) is 3.97. The Morgan fingerprint density at radius 2 is 2.45 bits per heavy atom. The number of thioether (sulfide) groups is 1. The second-order valence-electron chi connectivity index (χ2n) is 2.70. The molecule has 1 aliphatic heterocycles. The lowest BCUT2D eigenvalue weighted by Crippen LogP contribution is -2.32. The van der Waals surface area contributed by atoms with Crippen LogP contribution < -0.4 is 0 Å². The van der Waals surface area contributed by atoms with E-state index in [9.17, 15) is 4.79 Å². The van der Waals surface area contributed by atoms with Crippen molar-refractivity contribution < 1.29 is 14.6 Å². The van der Waals surface area contributed by atoms with Crippen LogP contribution >= 0.6 is 11.8 Å². The van der Waals surface area contributed by atoms with Crippen LogP contribution in [0.4, 0.5) is 0 Å². The third-order valence-electron chi connectivity index (χ3n) is 1.49. The van der Waals surface area contributed by atoms with Gasteiger partial charge in [-0.25, -0.2) is 0 Å². The molecule has 0 aromatic carbocycles. The number of ether oxygens (including phenoxy) is 1. The molecule has 0 aromatic rings. The Balaban J connectivity index is 2.09. The highest BCUT2D eigenvalue weighted by atomic mass is 32.2. The number of hydrogen-bond donors (Lipinski definition) is 1. The maximum Gasteiger partial charge on any atom is 0.304 e. The van der Waals surface area contributed by atoms with Gasteiger partial charge in [-0.15, -0.1) is 0 Å². The van der Waals surface area contributed by atoms with Crippen LogP contribution in [0.1, 0.15) is 13.3 Å². The Morgan fingerprint density at radius 3 is 2.82 bits per heavy atom. The standard InChI is InChI=1S/C7H12O3S/c1-5(2-7(8)9)11-6-3-10-4-6/h5-6H,2-4H2,1H3,(H,8,9). The van der Waals surface area contributed by atoms with Crippen LogP contribution in [0.15, 0.2) is 0 Å². The van der Waals surface area contributed by atoms with Crippen LogP contribution in [-0.2, 0) is 9.53 Å². The molecular weight excluding hydrogens is 164 g/mol. The largest absolute Gasteiger partial charge is 0.481 e. The summed E-state index contributed by atoms with van der Waals surface area (Å²) in [7, 11) is 0. The van der Waals surface area contributed by atoms with E-state index in [0.29, 0.717) is 5.25 Å². The molecule has 64 valence electrons. The minimum absolute atomic E-state index is 0.210. The number of rotatable bonds is 4. The lowest BCUT2D eigenvalue weighted by molar-refractivity contribution is -0.136. The Bertz CT molecular complexity index is 145. The summed E-state index contributed by atoms with van der Waals surface area (Å²) in [6.07, 6.45) is 0.251. The molecule has 1 atom stereocenters. The van der Waals surface area contributed by atoms with Crippen molar-refractivity contribution in [3.63, 3.8) is 0 Å². The normalized spacial score (nSPS) is 20.8. The van der Waals surface area contributed by atoms with Crippen LogP contribution in [0, 0.1) is 0 Å². The molecule has 1 unspecified atom stereocenters. The van der Waals surface area contributed by atoms with Crippen molar-refractivity contribution in [3.05, 3.63) is 0 Å². The average Bonchev–Trinajstić information content (AvgIpc) is 1.77. The third-order valence-corrected chi connectivity index (χ3v) is 2.78. The molecule has 3 nitrogen and oxygen atoms in total. The fourth-order valence-corrected chi connectivity index (χ4v) is 2.16. The first-order chi connectivity index (χ1) is 5.18. The SMILES string of the molecule is CC(CC(=O)O)SC1COC1. The van der Waals surface area contributed by atoms with E-state index in [-0.39, 0.29) is 11.7 Å². The molecule has 1 heterocycles. The highest BCUT2D eigenvalue weighted by molar-refractivity contribution is 8.00. The minimum Gasteiger partial charge on any atom is -0.481 e. The van der Waals surface area contributed by atoms with E-state index in [1.54, 1.807) is 11.8 Å². The van der Waals surface area contributed by atoms with Crippen LogP contribution in [0.3, 0.4) is 0 Å². The van der Waals surface area contributed by atoms with Gasteiger partial charge in [0.25, 0.3) is 0 Å².